The van der Waals surface area contributed by atoms with E-state index in [0.29, 0.717) is 5.92 Å². The molecule has 112 valence electrons. The quantitative estimate of drug-likeness (QED) is 0.681. The van der Waals surface area contributed by atoms with Gasteiger partial charge in [0.05, 0.1) is 0 Å². The molecule has 2 nitrogen and oxygen atoms in total. The van der Waals surface area contributed by atoms with Crippen molar-refractivity contribution in [3.8, 4) is 0 Å². The maximum Gasteiger partial charge on any atom is 0.0388 e. The number of rotatable bonds is 6. The molecule has 3 N–H and O–H groups in total. The molecule has 1 atom stereocenters. The highest BCUT2D eigenvalue weighted by Crippen LogP contribution is 2.30. The Bertz CT molecular complexity index is 561. The average molecular weight is 282 g/mol. The van der Waals surface area contributed by atoms with Gasteiger partial charge in [-0.15, -0.1) is 0 Å². The molecular weight excluding hydrogens is 256 g/mol. The largest absolute Gasteiger partial charge is 0.398 e. The van der Waals surface area contributed by atoms with Crippen molar-refractivity contribution in [2.45, 2.75) is 39.5 Å². The average Bonchev–Trinajstić information content (AvgIpc) is 2.48. The second-order valence-corrected chi connectivity index (χ2v) is 6.21. The molecule has 2 aromatic rings. The van der Waals surface area contributed by atoms with Crippen molar-refractivity contribution in [3.63, 3.8) is 0 Å². The third-order valence-corrected chi connectivity index (χ3v) is 3.86. The highest BCUT2D eigenvalue weighted by Gasteiger charge is 2.11. The van der Waals surface area contributed by atoms with Crippen LogP contribution in [0.5, 0.6) is 0 Å². The van der Waals surface area contributed by atoms with Crippen LogP contribution >= 0.6 is 0 Å². The summed E-state index contributed by atoms with van der Waals surface area (Å²) in [6.07, 6.45) is 2.41. The van der Waals surface area contributed by atoms with Crippen LogP contribution in [0.1, 0.15) is 45.1 Å². The van der Waals surface area contributed by atoms with Crippen molar-refractivity contribution in [1.82, 2.24) is 0 Å². The van der Waals surface area contributed by atoms with Crippen LogP contribution in [0.15, 0.2) is 48.5 Å². The Labute approximate surface area is 128 Å². The van der Waals surface area contributed by atoms with Crippen molar-refractivity contribution < 1.29 is 0 Å². The van der Waals surface area contributed by atoms with E-state index in [-0.39, 0.29) is 0 Å². The first-order valence-electron chi connectivity index (χ1n) is 7.77. The fraction of sp³-hybridized carbons (Fsp3) is 0.368. The molecule has 0 amide bonds. The molecule has 0 aliphatic heterocycles. The summed E-state index contributed by atoms with van der Waals surface area (Å²) in [6, 6.07) is 16.5. The van der Waals surface area contributed by atoms with E-state index in [4.69, 9.17) is 5.73 Å². The molecule has 0 aromatic heterocycles. The minimum absolute atomic E-state index is 0.491. The van der Waals surface area contributed by atoms with Crippen LogP contribution in [0.2, 0.25) is 0 Å². The van der Waals surface area contributed by atoms with Crippen LogP contribution in [-0.4, -0.2) is 0 Å². The predicted molar refractivity (Wildman–Crippen MR) is 93.1 cm³/mol. The van der Waals surface area contributed by atoms with Crippen LogP contribution in [0.4, 0.5) is 17.1 Å². The van der Waals surface area contributed by atoms with Gasteiger partial charge in [0, 0.05) is 17.1 Å². The Hall–Kier alpha value is -1.96. The fourth-order valence-corrected chi connectivity index (χ4v) is 2.51. The molecule has 0 aliphatic carbocycles. The van der Waals surface area contributed by atoms with E-state index in [0.717, 1.165) is 23.0 Å². The number of benzene rings is 2. The second kappa shape index (κ2) is 7.16. The molecule has 0 radical (unpaired) electrons. The zero-order valence-corrected chi connectivity index (χ0v) is 13.3. The van der Waals surface area contributed by atoms with E-state index >= 15 is 0 Å². The van der Waals surface area contributed by atoms with Gasteiger partial charge in [0.2, 0.25) is 0 Å². The molecule has 2 aromatic carbocycles. The number of nitrogens with one attached hydrogen (secondary N) is 1. The summed E-state index contributed by atoms with van der Waals surface area (Å²) in [6.45, 7) is 6.80. The first-order chi connectivity index (χ1) is 10.1. The van der Waals surface area contributed by atoms with Gasteiger partial charge in [-0.1, -0.05) is 45.4 Å². The van der Waals surface area contributed by atoms with Crippen molar-refractivity contribution in [1.29, 1.82) is 0 Å². The first kappa shape index (κ1) is 15.4. The van der Waals surface area contributed by atoms with Gasteiger partial charge in [0.25, 0.3) is 0 Å². The van der Waals surface area contributed by atoms with Gasteiger partial charge in [-0.2, -0.15) is 0 Å². The third kappa shape index (κ3) is 4.52. The van der Waals surface area contributed by atoms with E-state index in [1.807, 2.05) is 30.3 Å². The normalized spacial score (nSPS) is 12.4. The summed E-state index contributed by atoms with van der Waals surface area (Å²) in [5.41, 5.74) is 10.5. The first-order valence-corrected chi connectivity index (χ1v) is 7.77. The summed E-state index contributed by atoms with van der Waals surface area (Å²) < 4.78 is 0. The molecule has 2 rings (SSSR count). The van der Waals surface area contributed by atoms with Crippen molar-refractivity contribution in [2.75, 3.05) is 11.1 Å². The Kier molecular flexibility index (Phi) is 5.26. The molecule has 21 heavy (non-hydrogen) atoms. The van der Waals surface area contributed by atoms with E-state index in [2.05, 4.69) is 44.3 Å². The standard InChI is InChI=1S/C19H26N2/c1-14(2)9-10-15(3)18-13-17(11-12-19(18)20)21-16-7-5-4-6-8-16/h4-8,11-15,21H,9-10,20H2,1-3H3. The lowest BCUT2D eigenvalue weighted by molar-refractivity contribution is 0.517. The highest BCUT2D eigenvalue weighted by molar-refractivity contribution is 5.64. The molecule has 0 aliphatic rings. The van der Waals surface area contributed by atoms with E-state index in [1.165, 1.54) is 18.4 Å². The summed E-state index contributed by atoms with van der Waals surface area (Å²) in [4.78, 5) is 0. The van der Waals surface area contributed by atoms with Crippen LogP contribution < -0.4 is 11.1 Å². The maximum absolute atomic E-state index is 6.16. The molecule has 0 saturated heterocycles. The smallest absolute Gasteiger partial charge is 0.0388 e. The number of nitrogens with two attached hydrogens (primary N) is 1. The van der Waals surface area contributed by atoms with E-state index in [9.17, 15) is 0 Å². The van der Waals surface area contributed by atoms with Gasteiger partial charge < -0.3 is 11.1 Å². The SMILES string of the molecule is CC(C)CCC(C)c1cc(Nc2ccccc2)ccc1N. The van der Waals surface area contributed by atoms with E-state index in [1.54, 1.807) is 0 Å². The summed E-state index contributed by atoms with van der Waals surface area (Å²) in [5.74, 6) is 1.23. The molecule has 0 spiro atoms. The van der Waals surface area contributed by atoms with Gasteiger partial charge in [0.15, 0.2) is 0 Å². The molecule has 1 unspecified atom stereocenters. The minimum atomic E-state index is 0.491. The van der Waals surface area contributed by atoms with Gasteiger partial charge in [-0.25, -0.2) is 0 Å². The second-order valence-electron chi connectivity index (χ2n) is 6.21. The Morgan fingerprint density at radius 2 is 1.62 bits per heavy atom. The van der Waals surface area contributed by atoms with Gasteiger partial charge in [0.1, 0.15) is 0 Å². The van der Waals surface area contributed by atoms with Crippen LogP contribution in [0.25, 0.3) is 0 Å². The van der Waals surface area contributed by atoms with Gasteiger partial charge in [-0.05, 0) is 54.2 Å². The summed E-state index contributed by atoms with van der Waals surface area (Å²) in [7, 11) is 0. The summed E-state index contributed by atoms with van der Waals surface area (Å²) >= 11 is 0. The molecule has 0 saturated carbocycles. The van der Waals surface area contributed by atoms with Crippen molar-refractivity contribution in [2.24, 2.45) is 5.92 Å². The number of hydrogen-bond donors (Lipinski definition) is 2. The molecule has 0 fully saturated rings. The number of hydrogen-bond acceptors (Lipinski definition) is 2. The zero-order valence-electron chi connectivity index (χ0n) is 13.3. The Morgan fingerprint density at radius 3 is 2.29 bits per heavy atom. The molecular formula is C19H26N2. The topological polar surface area (TPSA) is 38.0 Å². The van der Waals surface area contributed by atoms with Crippen LogP contribution in [0, 0.1) is 5.92 Å². The zero-order chi connectivity index (χ0) is 15.2. The monoisotopic (exact) mass is 282 g/mol. The van der Waals surface area contributed by atoms with Gasteiger partial charge >= 0.3 is 0 Å². The number of nitrogen functional groups attached to an aromatic ring is 1. The lowest BCUT2D eigenvalue weighted by Crippen LogP contribution is -2.02. The van der Waals surface area contributed by atoms with E-state index < -0.39 is 0 Å². The highest BCUT2D eigenvalue weighted by atomic mass is 14.9. The molecule has 0 heterocycles. The maximum atomic E-state index is 6.16. The minimum Gasteiger partial charge on any atom is -0.398 e. The molecule has 0 bridgehead atoms. The predicted octanol–water partition coefficient (Wildman–Crippen LogP) is 5.55. The van der Waals surface area contributed by atoms with Crippen molar-refractivity contribution >= 4 is 17.1 Å². The van der Waals surface area contributed by atoms with Crippen LogP contribution in [0.3, 0.4) is 0 Å². The fourth-order valence-electron chi connectivity index (χ4n) is 2.51. The lowest BCUT2D eigenvalue weighted by atomic mass is 9.91. The molecule has 2 heteroatoms. The van der Waals surface area contributed by atoms with Crippen molar-refractivity contribution in [3.05, 3.63) is 54.1 Å². The van der Waals surface area contributed by atoms with Crippen LogP contribution in [-0.2, 0) is 0 Å². The Balaban J connectivity index is 2.13. The number of anilines is 3. The number of para-hydroxylation sites is 1. The lowest BCUT2D eigenvalue weighted by Gasteiger charge is -2.17. The van der Waals surface area contributed by atoms with Gasteiger partial charge in [-0.3, -0.25) is 0 Å². The summed E-state index contributed by atoms with van der Waals surface area (Å²) in [5, 5.41) is 3.44. The third-order valence-electron chi connectivity index (χ3n) is 3.86. The Morgan fingerprint density at radius 1 is 0.905 bits per heavy atom.